The van der Waals surface area contributed by atoms with Gasteiger partial charge in [0.05, 0.1) is 10.7 Å². The third-order valence-electron chi connectivity index (χ3n) is 2.74. The van der Waals surface area contributed by atoms with E-state index in [1.165, 1.54) is 0 Å². The summed E-state index contributed by atoms with van der Waals surface area (Å²) in [7, 11) is -4.47. The van der Waals surface area contributed by atoms with Crippen molar-refractivity contribution in [1.82, 2.24) is 0 Å². The number of phenols is 1. The van der Waals surface area contributed by atoms with E-state index >= 15 is 0 Å². The number of carbonyl (C=O) groups is 1. The van der Waals surface area contributed by atoms with E-state index in [0.717, 1.165) is 18.2 Å². The predicted molar refractivity (Wildman–Crippen MR) is 77.2 cm³/mol. The SMILES string of the molecule is O=C(O)c1ccc(NS(=O)(=O)c2cc(Cl)c(F)cc2F)cc1O. The largest absolute Gasteiger partial charge is 0.507 e. The zero-order valence-electron chi connectivity index (χ0n) is 11.0. The molecule has 0 fully saturated rings. The van der Waals surface area contributed by atoms with E-state index in [2.05, 4.69) is 0 Å². The van der Waals surface area contributed by atoms with Gasteiger partial charge in [0.15, 0.2) is 0 Å². The minimum atomic E-state index is -4.47. The molecule has 3 N–H and O–H groups in total. The van der Waals surface area contributed by atoms with Gasteiger partial charge in [-0.25, -0.2) is 22.0 Å². The van der Waals surface area contributed by atoms with E-state index < -0.39 is 48.9 Å². The number of nitrogens with one attached hydrogen (secondary N) is 1. The van der Waals surface area contributed by atoms with E-state index in [9.17, 15) is 27.1 Å². The molecule has 2 aromatic carbocycles. The summed E-state index contributed by atoms with van der Waals surface area (Å²) in [5, 5.41) is 17.7. The lowest BCUT2D eigenvalue weighted by atomic mass is 10.2. The van der Waals surface area contributed by atoms with Crippen molar-refractivity contribution in [1.29, 1.82) is 0 Å². The third kappa shape index (κ3) is 3.51. The number of benzene rings is 2. The molecule has 0 amide bonds. The van der Waals surface area contributed by atoms with Crippen LogP contribution in [0.15, 0.2) is 35.2 Å². The first-order valence-corrected chi connectivity index (χ1v) is 7.71. The van der Waals surface area contributed by atoms with Crippen molar-refractivity contribution in [2.45, 2.75) is 4.90 Å². The van der Waals surface area contributed by atoms with Crippen molar-refractivity contribution in [2.75, 3.05) is 4.72 Å². The van der Waals surface area contributed by atoms with Crippen molar-refractivity contribution in [3.8, 4) is 5.75 Å². The van der Waals surface area contributed by atoms with Gasteiger partial charge in [0.1, 0.15) is 27.8 Å². The van der Waals surface area contributed by atoms with Crippen molar-refractivity contribution in [2.24, 2.45) is 0 Å². The Balaban J connectivity index is 2.41. The highest BCUT2D eigenvalue weighted by Gasteiger charge is 2.22. The average Bonchev–Trinajstić information content (AvgIpc) is 2.41. The molecule has 122 valence electrons. The Labute approximate surface area is 134 Å². The summed E-state index contributed by atoms with van der Waals surface area (Å²) < 4.78 is 52.8. The summed E-state index contributed by atoms with van der Waals surface area (Å²) in [6, 6.07) is 3.78. The van der Waals surface area contributed by atoms with Crippen molar-refractivity contribution < 1.29 is 32.2 Å². The smallest absolute Gasteiger partial charge is 0.339 e. The molecule has 0 bridgehead atoms. The molecule has 0 heterocycles. The van der Waals surface area contributed by atoms with Gasteiger partial charge in [0.25, 0.3) is 10.0 Å². The fourth-order valence-electron chi connectivity index (χ4n) is 1.70. The first-order valence-electron chi connectivity index (χ1n) is 5.85. The van der Waals surface area contributed by atoms with Gasteiger partial charge in [0.2, 0.25) is 0 Å². The predicted octanol–water partition coefficient (Wildman–Crippen LogP) is 2.82. The maximum atomic E-state index is 13.6. The molecule has 0 atom stereocenters. The van der Waals surface area contributed by atoms with E-state index in [1.54, 1.807) is 0 Å². The molecule has 2 rings (SSSR count). The highest BCUT2D eigenvalue weighted by atomic mass is 35.5. The summed E-state index contributed by atoms with van der Waals surface area (Å²) in [4.78, 5) is 9.86. The quantitative estimate of drug-likeness (QED) is 0.725. The van der Waals surface area contributed by atoms with Gasteiger partial charge in [-0.3, -0.25) is 4.72 Å². The third-order valence-corrected chi connectivity index (χ3v) is 4.43. The van der Waals surface area contributed by atoms with Gasteiger partial charge in [0, 0.05) is 12.1 Å². The summed E-state index contributed by atoms with van der Waals surface area (Å²) in [5.74, 6) is -4.57. The lowest BCUT2D eigenvalue weighted by Gasteiger charge is -2.10. The number of anilines is 1. The van der Waals surface area contributed by atoms with E-state index in [4.69, 9.17) is 16.7 Å². The van der Waals surface area contributed by atoms with Crippen LogP contribution in [-0.4, -0.2) is 24.6 Å². The molecule has 0 saturated heterocycles. The van der Waals surface area contributed by atoms with Crippen LogP contribution in [0.3, 0.4) is 0 Å². The molecule has 10 heteroatoms. The first kappa shape index (κ1) is 17.0. The van der Waals surface area contributed by atoms with Crippen LogP contribution in [0.25, 0.3) is 0 Å². The van der Waals surface area contributed by atoms with E-state index in [1.807, 2.05) is 4.72 Å². The molecule has 23 heavy (non-hydrogen) atoms. The number of hydrogen-bond donors (Lipinski definition) is 3. The van der Waals surface area contributed by atoms with Gasteiger partial charge in [-0.2, -0.15) is 0 Å². The normalized spacial score (nSPS) is 11.3. The Hall–Kier alpha value is -2.39. The Morgan fingerprint density at radius 2 is 1.78 bits per heavy atom. The lowest BCUT2D eigenvalue weighted by Crippen LogP contribution is -2.15. The summed E-state index contributed by atoms with van der Waals surface area (Å²) in [6.07, 6.45) is 0. The first-order chi connectivity index (χ1) is 10.6. The minimum Gasteiger partial charge on any atom is -0.507 e. The number of carboxylic acids is 1. The molecule has 0 saturated carbocycles. The number of sulfonamides is 1. The maximum Gasteiger partial charge on any atom is 0.339 e. The molecule has 2 aromatic rings. The van der Waals surface area contributed by atoms with Crippen LogP contribution in [0.1, 0.15) is 10.4 Å². The number of aromatic hydroxyl groups is 1. The van der Waals surface area contributed by atoms with Crippen molar-refractivity contribution >= 4 is 33.3 Å². The van der Waals surface area contributed by atoms with Gasteiger partial charge in [-0.1, -0.05) is 11.6 Å². The van der Waals surface area contributed by atoms with E-state index in [0.29, 0.717) is 12.1 Å². The van der Waals surface area contributed by atoms with Crippen LogP contribution in [0, 0.1) is 11.6 Å². The van der Waals surface area contributed by atoms with Crippen LogP contribution in [-0.2, 0) is 10.0 Å². The number of carboxylic acid groups (broad SMARTS) is 1. The average molecular weight is 364 g/mol. The molecule has 0 aliphatic carbocycles. The topological polar surface area (TPSA) is 104 Å². The monoisotopic (exact) mass is 363 g/mol. The highest BCUT2D eigenvalue weighted by Crippen LogP contribution is 2.27. The summed E-state index contributed by atoms with van der Waals surface area (Å²) >= 11 is 5.44. The molecular formula is C13H8ClF2NO5S. The van der Waals surface area contributed by atoms with Gasteiger partial charge in [-0.15, -0.1) is 0 Å². The van der Waals surface area contributed by atoms with Crippen molar-refractivity contribution in [3.05, 3.63) is 52.6 Å². The molecular weight excluding hydrogens is 356 g/mol. The molecule has 0 aliphatic rings. The van der Waals surface area contributed by atoms with Crippen molar-refractivity contribution in [3.63, 3.8) is 0 Å². The Morgan fingerprint density at radius 3 is 2.35 bits per heavy atom. The number of aromatic carboxylic acids is 1. The molecule has 0 aromatic heterocycles. The molecule has 6 nitrogen and oxygen atoms in total. The second-order valence-electron chi connectivity index (χ2n) is 4.34. The number of halogens is 3. The second kappa shape index (κ2) is 6.01. The van der Waals surface area contributed by atoms with Gasteiger partial charge < -0.3 is 10.2 Å². The maximum absolute atomic E-state index is 13.6. The minimum absolute atomic E-state index is 0.215. The summed E-state index contributed by atoms with van der Waals surface area (Å²) in [6.45, 7) is 0. The number of hydrogen-bond acceptors (Lipinski definition) is 4. The van der Waals surface area contributed by atoms with Crippen LogP contribution in [0.5, 0.6) is 5.75 Å². The summed E-state index contributed by atoms with van der Waals surface area (Å²) in [5.41, 5.74) is -0.656. The lowest BCUT2D eigenvalue weighted by molar-refractivity contribution is 0.0694. The van der Waals surface area contributed by atoms with E-state index in [-0.39, 0.29) is 5.69 Å². The van der Waals surface area contributed by atoms with Gasteiger partial charge in [-0.05, 0) is 18.2 Å². The van der Waals surface area contributed by atoms with Gasteiger partial charge >= 0.3 is 5.97 Å². The molecule has 0 unspecified atom stereocenters. The fourth-order valence-corrected chi connectivity index (χ4v) is 3.06. The van der Waals surface area contributed by atoms with Crippen LogP contribution in [0.2, 0.25) is 5.02 Å². The Kier molecular flexibility index (Phi) is 4.44. The Morgan fingerprint density at radius 1 is 1.13 bits per heavy atom. The zero-order chi connectivity index (χ0) is 17.4. The number of rotatable bonds is 4. The zero-order valence-corrected chi connectivity index (χ0v) is 12.6. The molecule has 0 spiro atoms. The molecule has 0 aliphatic heterocycles. The van der Waals surface area contributed by atoms with Crippen LogP contribution >= 0.6 is 11.6 Å². The Bertz CT molecular complexity index is 901. The van der Waals surface area contributed by atoms with Crippen LogP contribution in [0.4, 0.5) is 14.5 Å². The fraction of sp³-hybridized carbons (Fsp3) is 0. The molecule has 0 radical (unpaired) electrons. The standard InChI is InChI=1S/C13H8ClF2NO5S/c14-8-4-12(10(16)5-9(8)15)23(21,22)17-6-1-2-7(13(19)20)11(18)3-6/h1-5,17-18H,(H,19,20). The second-order valence-corrected chi connectivity index (χ2v) is 6.40. The van der Waals surface area contributed by atoms with Crippen LogP contribution < -0.4 is 4.72 Å². The highest BCUT2D eigenvalue weighted by molar-refractivity contribution is 7.92.